The molecule has 0 aromatic heterocycles. The molecule has 1 heterocycles. The van der Waals surface area contributed by atoms with Crippen molar-refractivity contribution in [2.75, 3.05) is 24.4 Å². The molecule has 21 heavy (non-hydrogen) atoms. The molecule has 1 aliphatic rings. The van der Waals surface area contributed by atoms with E-state index in [-0.39, 0.29) is 35.2 Å². The zero-order valence-electron chi connectivity index (χ0n) is 11.2. The van der Waals surface area contributed by atoms with Gasteiger partial charge in [0, 0.05) is 31.0 Å². The fourth-order valence-electron chi connectivity index (χ4n) is 2.26. The Kier molecular flexibility index (Phi) is 4.42. The molecule has 1 unspecified atom stereocenters. The van der Waals surface area contributed by atoms with Gasteiger partial charge in [-0.2, -0.15) is 0 Å². The molecule has 0 bridgehead atoms. The van der Waals surface area contributed by atoms with Crippen molar-refractivity contribution in [2.45, 2.75) is 6.42 Å². The largest absolute Gasteiger partial charge is 0.465 e. The fourth-order valence-corrected chi connectivity index (χ4v) is 2.46. The molecule has 1 amide bonds. The van der Waals surface area contributed by atoms with E-state index in [9.17, 15) is 19.7 Å². The average Bonchev–Trinajstić information content (AvgIpc) is 2.86. The van der Waals surface area contributed by atoms with Crippen LogP contribution in [-0.4, -0.2) is 36.3 Å². The van der Waals surface area contributed by atoms with Gasteiger partial charge < -0.3 is 9.64 Å². The number of hydrogen-bond donors (Lipinski definition) is 0. The summed E-state index contributed by atoms with van der Waals surface area (Å²) in [6.45, 7) is 0.327. The van der Waals surface area contributed by atoms with Crippen LogP contribution >= 0.6 is 11.6 Å². The predicted molar refractivity (Wildman–Crippen MR) is 75.6 cm³/mol. The molecular weight excluding hydrogens is 300 g/mol. The molecule has 0 saturated carbocycles. The highest BCUT2D eigenvalue weighted by atomic mass is 35.5. The summed E-state index contributed by atoms with van der Waals surface area (Å²) in [6.07, 6.45) is 0.257. The topological polar surface area (TPSA) is 89.8 Å². The first-order valence-corrected chi connectivity index (χ1v) is 6.74. The Morgan fingerprint density at radius 1 is 1.57 bits per heavy atom. The molecule has 1 saturated heterocycles. The lowest BCUT2D eigenvalue weighted by molar-refractivity contribution is -0.384. The molecule has 0 aliphatic carbocycles. The highest BCUT2D eigenvalue weighted by molar-refractivity contribution is 6.18. The van der Waals surface area contributed by atoms with Crippen molar-refractivity contribution >= 4 is 34.9 Å². The molecule has 112 valence electrons. The van der Waals surface area contributed by atoms with Crippen LogP contribution in [0.1, 0.15) is 16.8 Å². The zero-order chi connectivity index (χ0) is 15.6. The molecule has 2 rings (SSSR count). The first-order valence-electron chi connectivity index (χ1n) is 6.21. The molecule has 7 nitrogen and oxygen atoms in total. The Morgan fingerprint density at radius 3 is 2.81 bits per heavy atom. The van der Waals surface area contributed by atoms with E-state index in [0.717, 1.165) is 0 Å². The second-order valence-corrected chi connectivity index (χ2v) is 4.99. The molecule has 1 aliphatic heterocycles. The summed E-state index contributed by atoms with van der Waals surface area (Å²) in [5.74, 6) is -0.595. The first-order chi connectivity index (χ1) is 9.97. The fraction of sp³-hybridized carbons (Fsp3) is 0.385. The molecule has 0 N–H and O–H groups in total. The van der Waals surface area contributed by atoms with Crippen molar-refractivity contribution in [1.29, 1.82) is 0 Å². The molecule has 0 radical (unpaired) electrons. The second-order valence-electron chi connectivity index (χ2n) is 4.68. The number of anilines is 1. The third kappa shape index (κ3) is 2.97. The van der Waals surface area contributed by atoms with E-state index in [1.807, 2.05) is 0 Å². The van der Waals surface area contributed by atoms with Crippen LogP contribution in [0.25, 0.3) is 0 Å². The Hall–Kier alpha value is -2.15. The van der Waals surface area contributed by atoms with Crippen molar-refractivity contribution < 1.29 is 19.2 Å². The molecule has 1 aromatic rings. The first kappa shape index (κ1) is 15.2. The van der Waals surface area contributed by atoms with Crippen LogP contribution in [0.3, 0.4) is 0 Å². The number of rotatable bonds is 4. The molecule has 8 heteroatoms. The predicted octanol–water partition coefficient (Wildman–Crippen LogP) is 1.97. The van der Waals surface area contributed by atoms with Crippen LogP contribution in [0.2, 0.25) is 0 Å². The van der Waals surface area contributed by atoms with Crippen molar-refractivity contribution in [2.24, 2.45) is 5.92 Å². The number of methoxy groups -OCH3 is 1. The van der Waals surface area contributed by atoms with Gasteiger partial charge in [0.25, 0.3) is 5.69 Å². The van der Waals surface area contributed by atoms with Crippen LogP contribution in [0.4, 0.5) is 11.4 Å². The van der Waals surface area contributed by atoms with Crippen LogP contribution < -0.4 is 4.90 Å². The van der Waals surface area contributed by atoms with Gasteiger partial charge in [-0.3, -0.25) is 14.9 Å². The number of hydrogen-bond acceptors (Lipinski definition) is 5. The summed E-state index contributed by atoms with van der Waals surface area (Å²) in [4.78, 5) is 35.5. The van der Waals surface area contributed by atoms with E-state index in [2.05, 4.69) is 4.74 Å². The number of nitro benzene ring substituents is 1. The standard InChI is InChI=1S/C13H13ClN2O5/c1-21-13(18)10-3-2-9(16(19)20)5-11(10)15-7-8(6-14)4-12(15)17/h2-3,5,8H,4,6-7H2,1H3. The molecule has 1 atom stereocenters. The highest BCUT2D eigenvalue weighted by Gasteiger charge is 2.33. The maximum absolute atomic E-state index is 12.0. The number of esters is 1. The minimum absolute atomic E-state index is 0.0380. The van der Waals surface area contributed by atoms with Crippen molar-refractivity contribution in [3.8, 4) is 0 Å². The van der Waals surface area contributed by atoms with Gasteiger partial charge in [0.15, 0.2) is 0 Å². The number of halogens is 1. The van der Waals surface area contributed by atoms with E-state index in [0.29, 0.717) is 12.4 Å². The Labute approximate surface area is 125 Å². The SMILES string of the molecule is COC(=O)c1ccc([N+](=O)[O-])cc1N1CC(CCl)CC1=O. The number of ether oxygens (including phenoxy) is 1. The number of nitro groups is 1. The second kappa shape index (κ2) is 6.09. The van der Waals surface area contributed by atoms with E-state index < -0.39 is 10.9 Å². The lowest BCUT2D eigenvalue weighted by Crippen LogP contribution is -2.27. The van der Waals surface area contributed by atoms with Crippen LogP contribution in [-0.2, 0) is 9.53 Å². The minimum atomic E-state index is -0.651. The van der Waals surface area contributed by atoms with Crippen molar-refractivity contribution in [3.63, 3.8) is 0 Å². The Balaban J connectivity index is 2.48. The van der Waals surface area contributed by atoms with Gasteiger partial charge in [-0.15, -0.1) is 11.6 Å². The number of non-ortho nitro benzene ring substituents is 1. The molecule has 0 spiro atoms. The van der Waals surface area contributed by atoms with Gasteiger partial charge in [-0.05, 0) is 12.0 Å². The van der Waals surface area contributed by atoms with E-state index in [1.165, 1.54) is 30.2 Å². The summed E-state index contributed by atoms with van der Waals surface area (Å²) in [6, 6.07) is 3.71. The Bertz CT molecular complexity index is 604. The highest BCUT2D eigenvalue weighted by Crippen LogP contribution is 2.32. The monoisotopic (exact) mass is 312 g/mol. The lowest BCUT2D eigenvalue weighted by Gasteiger charge is -2.19. The summed E-state index contributed by atoms with van der Waals surface area (Å²) >= 11 is 5.76. The number of alkyl halides is 1. The van der Waals surface area contributed by atoms with Crippen LogP contribution in [0, 0.1) is 16.0 Å². The maximum Gasteiger partial charge on any atom is 0.339 e. The van der Waals surface area contributed by atoms with Crippen LogP contribution in [0.15, 0.2) is 18.2 Å². The number of amides is 1. The van der Waals surface area contributed by atoms with Gasteiger partial charge in [0.05, 0.1) is 23.3 Å². The third-order valence-electron chi connectivity index (χ3n) is 3.31. The summed E-state index contributed by atoms with van der Waals surface area (Å²) in [5, 5.41) is 10.9. The lowest BCUT2D eigenvalue weighted by atomic mass is 10.1. The number of benzene rings is 1. The van der Waals surface area contributed by atoms with Gasteiger partial charge in [-0.1, -0.05) is 0 Å². The average molecular weight is 313 g/mol. The van der Waals surface area contributed by atoms with Gasteiger partial charge in [0.2, 0.25) is 5.91 Å². The van der Waals surface area contributed by atoms with Crippen molar-refractivity contribution in [1.82, 2.24) is 0 Å². The van der Waals surface area contributed by atoms with Gasteiger partial charge in [-0.25, -0.2) is 4.79 Å². The van der Waals surface area contributed by atoms with E-state index >= 15 is 0 Å². The summed E-state index contributed by atoms with van der Waals surface area (Å²) in [5.41, 5.74) is 0.111. The summed E-state index contributed by atoms with van der Waals surface area (Å²) in [7, 11) is 1.21. The molecule has 1 fully saturated rings. The number of nitrogens with zero attached hydrogens (tertiary/aromatic N) is 2. The normalized spacial score (nSPS) is 17.9. The van der Waals surface area contributed by atoms with Gasteiger partial charge in [0.1, 0.15) is 0 Å². The third-order valence-corrected chi connectivity index (χ3v) is 3.75. The van der Waals surface area contributed by atoms with Crippen LogP contribution in [0.5, 0.6) is 0 Å². The van der Waals surface area contributed by atoms with E-state index in [1.54, 1.807) is 0 Å². The smallest absolute Gasteiger partial charge is 0.339 e. The number of carbonyl (C=O) groups is 2. The van der Waals surface area contributed by atoms with Crippen molar-refractivity contribution in [3.05, 3.63) is 33.9 Å². The Morgan fingerprint density at radius 2 is 2.29 bits per heavy atom. The van der Waals surface area contributed by atoms with Gasteiger partial charge >= 0.3 is 5.97 Å². The molecular formula is C13H13ClN2O5. The number of carbonyl (C=O) groups excluding carboxylic acids is 2. The van der Waals surface area contributed by atoms with E-state index in [4.69, 9.17) is 11.6 Å². The maximum atomic E-state index is 12.0. The zero-order valence-corrected chi connectivity index (χ0v) is 12.0. The quantitative estimate of drug-likeness (QED) is 0.367. The molecule has 1 aromatic carbocycles. The minimum Gasteiger partial charge on any atom is -0.465 e. The summed E-state index contributed by atoms with van der Waals surface area (Å²) < 4.78 is 4.65.